The first kappa shape index (κ1) is 14.7. The largest absolute Gasteiger partial charge is 0.377 e. The van der Waals surface area contributed by atoms with E-state index >= 15 is 0 Å². The standard InChI is InChI=1S/C16H25N3O/c1-5-18(6-2)15(20)11-19-12-16(3,4)17-13-9-7-8-10-14(13)19/h7-10,17H,5-6,11-12H2,1-4H3. The lowest BCUT2D eigenvalue weighted by molar-refractivity contribution is -0.129. The van der Waals surface area contributed by atoms with E-state index in [1.54, 1.807) is 0 Å². The molecule has 0 aromatic heterocycles. The average molecular weight is 275 g/mol. The lowest BCUT2D eigenvalue weighted by Gasteiger charge is -2.42. The second kappa shape index (κ2) is 5.73. The number of benzene rings is 1. The first-order valence-corrected chi connectivity index (χ1v) is 7.36. The van der Waals surface area contributed by atoms with Crippen molar-refractivity contribution in [1.29, 1.82) is 0 Å². The minimum absolute atomic E-state index is 0.0299. The second-order valence-electron chi connectivity index (χ2n) is 5.95. The van der Waals surface area contributed by atoms with Gasteiger partial charge < -0.3 is 15.1 Å². The number of likely N-dealkylation sites (N-methyl/N-ethyl adjacent to an activating group) is 1. The molecule has 0 bridgehead atoms. The Balaban J connectivity index is 2.21. The van der Waals surface area contributed by atoms with Crippen molar-refractivity contribution in [2.45, 2.75) is 33.2 Å². The van der Waals surface area contributed by atoms with E-state index in [9.17, 15) is 4.79 Å². The van der Waals surface area contributed by atoms with E-state index in [1.165, 1.54) is 0 Å². The normalized spacial score (nSPS) is 16.3. The fourth-order valence-electron chi connectivity index (χ4n) is 2.80. The second-order valence-corrected chi connectivity index (χ2v) is 5.95. The van der Waals surface area contributed by atoms with Gasteiger partial charge in [-0.05, 0) is 39.8 Å². The van der Waals surface area contributed by atoms with Gasteiger partial charge in [-0.2, -0.15) is 0 Å². The zero-order valence-corrected chi connectivity index (χ0v) is 12.9. The van der Waals surface area contributed by atoms with Crippen LogP contribution in [0, 0.1) is 0 Å². The van der Waals surface area contributed by atoms with Gasteiger partial charge in [0.1, 0.15) is 0 Å². The number of anilines is 2. The Morgan fingerprint density at radius 2 is 1.95 bits per heavy atom. The van der Waals surface area contributed by atoms with Gasteiger partial charge in [0.05, 0.1) is 17.9 Å². The van der Waals surface area contributed by atoms with Crippen LogP contribution in [0.15, 0.2) is 24.3 Å². The molecule has 1 amide bonds. The van der Waals surface area contributed by atoms with E-state index in [-0.39, 0.29) is 11.4 Å². The molecule has 0 saturated carbocycles. The molecule has 110 valence electrons. The molecule has 0 spiro atoms. The van der Waals surface area contributed by atoms with Crippen LogP contribution in [0.3, 0.4) is 0 Å². The number of nitrogens with zero attached hydrogens (tertiary/aromatic N) is 2. The molecule has 0 unspecified atom stereocenters. The average Bonchev–Trinajstić information content (AvgIpc) is 2.38. The van der Waals surface area contributed by atoms with Crippen LogP contribution in [0.4, 0.5) is 11.4 Å². The summed E-state index contributed by atoms with van der Waals surface area (Å²) in [5, 5.41) is 3.53. The summed E-state index contributed by atoms with van der Waals surface area (Å²) in [5.74, 6) is 0.197. The Morgan fingerprint density at radius 3 is 2.60 bits per heavy atom. The first-order chi connectivity index (χ1) is 9.46. The molecular formula is C16H25N3O. The van der Waals surface area contributed by atoms with Gasteiger partial charge in [0.2, 0.25) is 5.91 Å². The fourth-order valence-corrected chi connectivity index (χ4v) is 2.80. The summed E-state index contributed by atoms with van der Waals surface area (Å²) in [7, 11) is 0. The molecule has 4 nitrogen and oxygen atoms in total. The molecule has 0 saturated heterocycles. The number of rotatable bonds is 4. The summed E-state index contributed by atoms with van der Waals surface area (Å²) in [6, 6.07) is 8.20. The maximum atomic E-state index is 12.4. The predicted molar refractivity (Wildman–Crippen MR) is 84.3 cm³/mol. The fraction of sp³-hybridized carbons (Fsp3) is 0.562. The molecule has 20 heavy (non-hydrogen) atoms. The molecule has 1 heterocycles. The zero-order valence-electron chi connectivity index (χ0n) is 12.9. The summed E-state index contributed by atoms with van der Waals surface area (Å²) >= 11 is 0. The van der Waals surface area contributed by atoms with Crippen molar-refractivity contribution in [3.63, 3.8) is 0 Å². The van der Waals surface area contributed by atoms with E-state index in [0.717, 1.165) is 31.0 Å². The van der Waals surface area contributed by atoms with Crippen molar-refractivity contribution in [3.8, 4) is 0 Å². The summed E-state index contributed by atoms with van der Waals surface area (Å²) in [6.45, 7) is 11.2. The van der Waals surface area contributed by atoms with E-state index in [4.69, 9.17) is 0 Å². The van der Waals surface area contributed by atoms with Crippen molar-refractivity contribution in [1.82, 2.24) is 4.90 Å². The molecule has 0 atom stereocenters. The van der Waals surface area contributed by atoms with Gasteiger partial charge in [0, 0.05) is 25.2 Å². The van der Waals surface area contributed by atoms with Crippen molar-refractivity contribution in [2.75, 3.05) is 36.4 Å². The Kier molecular flexibility index (Phi) is 4.21. The van der Waals surface area contributed by atoms with Crippen molar-refractivity contribution in [3.05, 3.63) is 24.3 Å². The summed E-state index contributed by atoms with van der Waals surface area (Å²) in [4.78, 5) is 16.4. The lowest BCUT2D eigenvalue weighted by atomic mass is 9.99. The molecule has 2 rings (SSSR count). The number of fused-ring (bicyclic) bond motifs is 1. The number of carbonyl (C=O) groups is 1. The molecule has 1 N–H and O–H groups in total. The van der Waals surface area contributed by atoms with E-state index in [0.29, 0.717) is 6.54 Å². The molecule has 1 aliphatic rings. The highest BCUT2D eigenvalue weighted by Gasteiger charge is 2.30. The summed E-state index contributed by atoms with van der Waals surface area (Å²) in [5.41, 5.74) is 2.20. The number of hydrogen-bond donors (Lipinski definition) is 1. The summed E-state index contributed by atoms with van der Waals surface area (Å²) < 4.78 is 0. The van der Waals surface area contributed by atoms with E-state index < -0.39 is 0 Å². The van der Waals surface area contributed by atoms with Crippen LogP contribution in [-0.2, 0) is 4.79 Å². The Bertz CT molecular complexity index is 480. The Hall–Kier alpha value is -1.71. The number of carbonyl (C=O) groups excluding carboxylic acids is 1. The summed E-state index contributed by atoms with van der Waals surface area (Å²) in [6.07, 6.45) is 0. The molecular weight excluding hydrogens is 250 g/mol. The van der Waals surface area contributed by atoms with Gasteiger partial charge in [-0.1, -0.05) is 12.1 Å². The van der Waals surface area contributed by atoms with Crippen molar-refractivity contribution < 1.29 is 4.79 Å². The third-order valence-electron chi connectivity index (χ3n) is 3.75. The van der Waals surface area contributed by atoms with Crippen LogP contribution in [-0.4, -0.2) is 42.5 Å². The number of para-hydroxylation sites is 2. The highest BCUT2D eigenvalue weighted by molar-refractivity contribution is 5.84. The minimum atomic E-state index is -0.0299. The van der Waals surface area contributed by atoms with Gasteiger partial charge in [0.15, 0.2) is 0 Å². The van der Waals surface area contributed by atoms with Crippen LogP contribution in [0.5, 0.6) is 0 Å². The third kappa shape index (κ3) is 3.06. The topological polar surface area (TPSA) is 35.6 Å². The predicted octanol–water partition coefficient (Wildman–Crippen LogP) is 2.57. The van der Waals surface area contributed by atoms with Gasteiger partial charge in [-0.25, -0.2) is 0 Å². The molecule has 1 aliphatic heterocycles. The first-order valence-electron chi connectivity index (χ1n) is 7.36. The van der Waals surface area contributed by atoms with Gasteiger partial charge in [0.25, 0.3) is 0 Å². The minimum Gasteiger partial charge on any atom is -0.377 e. The quantitative estimate of drug-likeness (QED) is 0.917. The van der Waals surface area contributed by atoms with Gasteiger partial charge in [-0.15, -0.1) is 0 Å². The molecule has 1 aromatic rings. The van der Waals surface area contributed by atoms with Gasteiger partial charge in [-0.3, -0.25) is 4.79 Å². The maximum absolute atomic E-state index is 12.4. The SMILES string of the molecule is CCN(CC)C(=O)CN1CC(C)(C)Nc2ccccc21. The van der Waals surface area contributed by atoms with Crippen LogP contribution >= 0.6 is 0 Å². The molecule has 1 aromatic carbocycles. The Labute approximate surface area is 121 Å². The van der Waals surface area contributed by atoms with Crippen molar-refractivity contribution in [2.24, 2.45) is 0 Å². The Morgan fingerprint density at radius 1 is 1.30 bits per heavy atom. The van der Waals surface area contributed by atoms with Crippen LogP contribution in [0.25, 0.3) is 0 Å². The van der Waals surface area contributed by atoms with Crippen LogP contribution in [0.1, 0.15) is 27.7 Å². The number of hydrogen-bond acceptors (Lipinski definition) is 3. The highest BCUT2D eigenvalue weighted by Crippen LogP contribution is 2.33. The molecule has 0 fully saturated rings. The van der Waals surface area contributed by atoms with Crippen LogP contribution in [0.2, 0.25) is 0 Å². The molecule has 0 aliphatic carbocycles. The third-order valence-corrected chi connectivity index (χ3v) is 3.75. The van der Waals surface area contributed by atoms with Gasteiger partial charge >= 0.3 is 0 Å². The van der Waals surface area contributed by atoms with Crippen molar-refractivity contribution >= 4 is 17.3 Å². The van der Waals surface area contributed by atoms with E-state index in [2.05, 4.69) is 36.2 Å². The van der Waals surface area contributed by atoms with E-state index in [1.807, 2.05) is 30.9 Å². The highest BCUT2D eigenvalue weighted by atomic mass is 16.2. The monoisotopic (exact) mass is 275 g/mol. The number of nitrogens with one attached hydrogen (secondary N) is 1. The molecule has 4 heteroatoms. The molecule has 0 radical (unpaired) electrons. The zero-order chi connectivity index (χ0) is 14.8. The lowest BCUT2D eigenvalue weighted by Crippen LogP contribution is -2.51. The smallest absolute Gasteiger partial charge is 0.242 e. The number of amides is 1. The van der Waals surface area contributed by atoms with Crippen LogP contribution < -0.4 is 10.2 Å². The maximum Gasteiger partial charge on any atom is 0.242 e.